The maximum Gasteiger partial charge on any atom is 0.406 e. The van der Waals surface area contributed by atoms with Gasteiger partial charge >= 0.3 is 12.1 Å². The molecule has 0 saturated carbocycles. The van der Waals surface area contributed by atoms with E-state index in [4.69, 9.17) is 14.9 Å². The molecule has 4 N–H and O–H groups in total. The Hall–Kier alpha value is -2.44. The molecule has 0 bridgehead atoms. The van der Waals surface area contributed by atoms with E-state index >= 15 is 0 Å². The Balaban J connectivity index is 2.71. The van der Waals surface area contributed by atoms with Gasteiger partial charge in [0, 0.05) is 5.69 Å². The zero-order valence-electron chi connectivity index (χ0n) is 9.01. The lowest BCUT2D eigenvalue weighted by atomic mass is 10.3. The van der Waals surface area contributed by atoms with E-state index in [9.17, 15) is 9.59 Å². The fourth-order valence-electron chi connectivity index (χ4n) is 1.14. The Bertz CT molecular complexity index is 404. The summed E-state index contributed by atoms with van der Waals surface area (Å²) in [6.07, 6.45) is -2.82. The number of anilines is 1. The van der Waals surface area contributed by atoms with Crippen molar-refractivity contribution < 1.29 is 24.5 Å². The highest BCUT2D eigenvalue weighted by Gasteiger charge is 2.18. The number of benzene rings is 1. The minimum absolute atomic E-state index is 0.465. The van der Waals surface area contributed by atoms with Gasteiger partial charge in [-0.25, -0.2) is 9.59 Å². The third-order valence-electron chi connectivity index (χ3n) is 1.92. The van der Waals surface area contributed by atoms with Crippen LogP contribution in [0.3, 0.4) is 0 Å². The number of rotatable bonds is 5. The molecule has 0 fully saturated rings. The molecule has 1 rings (SSSR count). The molecular formula is C10H12N2O5. The highest BCUT2D eigenvalue weighted by atomic mass is 16.5. The lowest BCUT2D eigenvalue weighted by Crippen LogP contribution is -2.45. The molecule has 0 aliphatic heterocycles. The van der Waals surface area contributed by atoms with E-state index in [-0.39, 0.29) is 0 Å². The normalized spacial score (nSPS) is 11.4. The van der Waals surface area contributed by atoms with Gasteiger partial charge in [0.15, 0.2) is 0 Å². The molecule has 17 heavy (non-hydrogen) atoms. The van der Waals surface area contributed by atoms with Crippen molar-refractivity contribution in [3.63, 3.8) is 0 Å². The molecule has 1 amide bonds. The number of amides is 1. The summed E-state index contributed by atoms with van der Waals surface area (Å²) in [5, 5.41) is 21.6. The molecule has 0 saturated heterocycles. The fraction of sp³-hybridized carbons (Fsp3) is 0.200. The number of nitrogens with one attached hydrogen (secondary N) is 2. The lowest BCUT2D eigenvalue weighted by Gasteiger charge is -2.15. The van der Waals surface area contributed by atoms with Crippen LogP contribution in [0, 0.1) is 0 Å². The van der Waals surface area contributed by atoms with Gasteiger partial charge < -0.3 is 20.3 Å². The van der Waals surface area contributed by atoms with E-state index in [1.165, 1.54) is 7.11 Å². The van der Waals surface area contributed by atoms with Crippen LogP contribution >= 0.6 is 0 Å². The molecule has 0 aliphatic rings. The van der Waals surface area contributed by atoms with Gasteiger partial charge in [-0.15, -0.1) is 0 Å². The summed E-state index contributed by atoms with van der Waals surface area (Å²) in [6, 6.07) is 6.42. The molecule has 7 heteroatoms. The second-order valence-electron chi connectivity index (χ2n) is 3.09. The molecule has 92 valence electrons. The minimum atomic E-state index is -1.42. The first-order valence-corrected chi connectivity index (χ1v) is 4.66. The third-order valence-corrected chi connectivity index (χ3v) is 1.92. The number of carboxylic acid groups (broad SMARTS) is 2. The Kier molecular flexibility index (Phi) is 4.15. The van der Waals surface area contributed by atoms with Crippen molar-refractivity contribution >= 4 is 17.7 Å². The van der Waals surface area contributed by atoms with E-state index in [1.807, 2.05) is 5.32 Å². The Morgan fingerprint density at radius 3 is 2.24 bits per heavy atom. The SMILES string of the molecule is COc1ccc(NC(NC(=O)O)C(=O)O)cc1. The second-order valence-corrected chi connectivity index (χ2v) is 3.09. The number of ether oxygens (including phenoxy) is 1. The number of carboxylic acids is 1. The summed E-state index contributed by atoms with van der Waals surface area (Å²) in [6.45, 7) is 0. The van der Waals surface area contributed by atoms with E-state index in [0.717, 1.165) is 0 Å². The van der Waals surface area contributed by atoms with Gasteiger partial charge in [0.1, 0.15) is 5.75 Å². The van der Waals surface area contributed by atoms with Gasteiger partial charge in [-0.05, 0) is 24.3 Å². The quantitative estimate of drug-likeness (QED) is 0.566. The first-order valence-electron chi connectivity index (χ1n) is 4.66. The predicted octanol–water partition coefficient (Wildman–Crippen LogP) is 0.785. The first-order chi connectivity index (χ1) is 8.02. The van der Waals surface area contributed by atoms with Crippen molar-refractivity contribution in [2.24, 2.45) is 0 Å². The van der Waals surface area contributed by atoms with Gasteiger partial charge in [-0.2, -0.15) is 0 Å². The van der Waals surface area contributed by atoms with E-state index < -0.39 is 18.2 Å². The predicted molar refractivity (Wildman–Crippen MR) is 59.2 cm³/mol. The molecule has 0 spiro atoms. The van der Waals surface area contributed by atoms with Crippen LogP contribution in [-0.4, -0.2) is 35.6 Å². The number of carbonyl (C=O) groups is 2. The number of hydrogen-bond acceptors (Lipinski definition) is 4. The number of aliphatic carboxylic acids is 1. The average Bonchev–Trinajstić information content (AvgIpc) is 2.28. The van der Waals surface area contributed by atoms with Crippen LogP contribution < -0.4 is 15.4 Å². The zero-order chi connectivity index (χ0) is 12.8. The molecule has 0 aliphatic carbocycles. The maximum atomic E-state index is 10.7. The topological polar surface area (TPSA) is 108 Å². The molecule has 1 aromatic rings. The van der Waals surface area contributed by atoms with Crippen molar-refractivity contribution in [2.75, 3.05) is 12.4 Å². The zero-order valence-corrected chi connectivity index (χ0v) is 9.01. The van der Waals surface area contributed by atoms with Crippen molar-refractivity contribution in [3.05, 3.63) is 24.3 Å². The van der Waals surface area contributed by atoms with Crippen molar-refractivity contribution in [2.45, 2.75) is 6.17 Å². The summed E-state index contributed by atoms with van der Waals surface area (Å²) in [5.41, 5.74) is 0.465. The maximum absolute atomic E-state index is 10.7. The molecule has 0 heterocycles. The summed E-state index contributed by atoms with van der Waals surface area (Å²) in [4.78, 5) is 21.1. The van der Waals surface area contributed by atoms with Crippen LogP contribution in [0.2, 0.25) is 0 Å². The summed E-state index contributed by atoms with van der Waals surface area (Å²) in [7, 11) is 1.51. The third kappa shape index (κ3) is 3.90. The minimum Gasteiger partial charge on any atom is -0.497 e. The molecule has 1 unspecified atom stereocenters. The molecule has 1 atom stereocenters. The van der Waals surface area contributed by atoms with Crippen LogP contribution in [0.25, 0.3) is 0 Å². The van der Waals surface area contributed by atoms with Gasteiger partial charge in [0.25, 0.3) is 0 Å². The summed E-state index contributed by atoms with van der Waals surface area (Å²) in [5.74, 6) is -0.697. The average molecular weight is 240 g/mol. The van der Waals surface area contributed by atoms with E-state index in [1.54, 1.807) is 24.3 Å². The first kappa shape index (κ1) is 12.6. The standard InChI is InChI=1S/C10H12N2O5/c1-17-7-4-2-6(3-5-7)11-8(9(13)14)12-10(15)16/h2-5,8,11-12H,1H3,(H,13,14)(H,15,16). The van der Waals surface area contributed by atoms with Gasteiger partial charge in [-0.1, -0.05) is 0 Å². The Morgan fingerprint density at radius 2 is 1.82 bits per heavy atom. The molecule has 0 aromatic heterocycles. The monoisotopic (exact) mass is 240 g/mol. The molecular weight excluding hydrogens is 228 g/mol. The van der Waals surface area contributed by atoms with Crippen molar-refractivity contribution in [1.82, 2.24) is 5.32 Å². The summed E-state index contributed by atoms with van der Waals surface area (Å²) < 4.78 is 4.93. The van der Waals surface area contributed by atoms with Gasteiger partial charge in [0.05, 0.1) is 7.11 Å². The lowest BCUT2D eigenvalue weighted by molar-refractivity contribution is -0.138. The van der Waals surface area contributed by atoms with Crippen LogP contribution in [0.15, 0.2) is 24.3 Å². The van der Waals surface area contributed by atoms with Gasteiger partial charge in [0.2, 0.25) is 6.17 Å². The van der Waals surface area contributed by atoms with Crippen LogP contribution in [-0.2, 0) is 4.79 Å². The Labute approximate surface area is 97.0 Å². The van der Waals surface area contributed by atoms with Crippen LogP contribution in [0.1, 0.15) is 0 Å². The largest absolute Gasteiger partial charge is 0.497 e. The molecule has 7 nitrogen and oxygen atoms in total. The van der Waals surface area contributed by atoms with Crippen molar-refractivity contribution in [1.29, 1.82) is 0 Å². The highest BCUT2D eigenvalue weighted by Crippen LogP contribution is 2.15. The highest BCUT2D eigenvalue weighted by molar-refractivity contribution is 5.81. The van der Waals surface area contributed by atoms with Gasteiger partial charge in [-0.3, -0.25) is 5.32 Å². The number of hydrogen-bond donors (Lipinski definition) is 4. The van der Waals surface area contributed by atoms with E-state index in [2.05, 4.69) is 5.32 Å². The van der Waals surface area contributed by atoms with E-state index in [0.29, 0.717) is 11.4 Å². The fourth-order valence-corrected chi connectivity index (χ4v) is 1.14. The summed E-state index contributed by atoms with van der Waals surface area (Å²) >= 11 is 0. The Morgan fingerprint density at radius 1 is 1.24 bits per heavy atom. The van der Waals surface area contributed by atoms with Crippen molar-refractivity contribution in [3.8, 4) is 5.75 Å². The van der Waals surface area contributed by atoms with Crippen LogP contribution in [0.4, 0.5) is 10.5 Å². The molecule has 0 radical (unpaired) electrons. The molecule has 1 aromatic carbocycles. The second kappa shape index (κ2) is 5.59. The van der Waals surface area contributed by atoms with Crippen LogP contribution in [0.5, 0.6) is 5.75 Å². The number of methoxy groups -OCH3 is 1. The smallest absolute Gasteiger partial charge is 0.406 e.